The third kappa shape index (κ3) is 4.26. The van der Waals surface area contributed by atoms with E-state index >= 15 is 0 Å². The van der Waals surface area contributed by atoms with E-state index in [2.05, 4.69) is 15.9 Å². The summed E-state index contributed by atoms with van der Waals surface area (Å²) in [6, 6.07) is 24.9. The van der Waals surface area contributed by atoms with Gasteiger partial charge < -0.3 is 4.74 Å². The minimum Gasteiger partial charge on any atom is -0.496 e. The van der Waals surface area contributed by atoms with Gasteiger partial charge in [0.15, 0.2) is 5.78 Å². The molecule has 4 rings (SSSR count). The Hall–Kier alpha value is -3.44. The monoisotopic (exact) mass is 458 g/mol. The molecule has 0 atom stereocenters. The van der Waals surface area contributed by atoms with E-state index in [1.165, 1.54) is 0 Å². The quantitative estimate of drug-likeness (QED) is 0.255. The Morgan fingerprint density at radius 2 is 1.70 bits per heavy atom. The second-order valence-electron chi connectivity index (χ2n) is 6.63. The highest BCUT2D eigenvalue weighted by Crippen LogP contribution is 2.32. The molecule has 1 heterocycles. The number of nitrogens with zero attached hydrogens (tertiary/aromatic N) is 2. The third-order valence-electron chi connectivity index (χ3n) is 4.66. The van der Waals surface area contributed by atoms with Crippen molar-refractivity contribution in [1.82, 2.24) is 9.78 Å². The zero-order valence-electron chi connectivity index (χ0n) is 16.3. The van der Waals surface area contributed by atoms with Crippen LogP contribution in [0.2, 0.25) is 0 Å². The van der Waals surface area contributed by atoms with Gasteiger partial charge >= 0.3 is 0 Å². The van der Waals surface area contributed by atoms with Gasteiger partial charge in [0, 0.05) is 22.9 Å². The molecule has 0 unspecified atom stereocenters. The summed E-state index contributed by atoms with van der Waals surface area (Å²) in [6.07, 6.45) is 5.33. The van der Waals surface area contributed by atoms with Crippen LogP contribution in [0.5, 0.6) is 5.75 Å². The molecular formula is C25H19BrN2O2. The molecule has 148 valence electrons. The normalized spacial score (nSPS) is 11.0. The average Bonchev–Trinajstić information content (AvgIpc) is 3.23. The summed E-state index contributed by atoms with van der Waals surface area (Å²) < 4.78 is 8.00. The van der Waals surface area contributed by atoms with Crippen LogP contribution in [0.25, 0.3) is 23.0 Å². The van der Waals surface area contributed by atoms with Gasteiger partial charge in [0.05, 0.1) is 23.0 Å². The molecule has 3 aromatic carbocycles. The predicted molar refractivity (Wildman–Crippen MR) is 123 cm³/mol. The van der Waals surface area contributed by atoms with Gasteiger partial charge in [0.25, 0.3) is 0 Å². The minimum absolute atomic E-state index is 0.0510. The van der Waals surface area contributed by atoms with Crippen LogP contribution in [-0.2, 0) is 0 Å². The number of allylic oxidation sites excluding steroid dienone is 1. The molecule has 1 aromatic heterocycles. The highest BCUT2D eigenvalue weighted by molar-refractivity contribution is 9.10. The molecule has 4 aromatic rings. The number of methoxy groups -OCH3 is 1. The predicted octanol–water partition coefficient (Wildman–Crippen LogP) is 6.21. The van der Waals surface area contributed by atoms with E-state index in [-0.39, 0.29) is 5.78 Å². The summed E-state index contributed by atoms with van der Waals surface area (Å²) in [5.74, 6) is 0.697. The Bertz CT molecular complexity index is 1200. The zero-order valence-corrected chi connectivity index (χ0v) is 17.9. The third-order valence-corrected chi connectivity index (χ3v) is 5.28. The lowest BCUT2D eigenvalue weighted by molar-refractivity contribution is 0.104. The first-order chi connectivity index (χ1) is 14.7. The van der Waals surface area contributed by atoms with Gasteiger partial charge in [-0.3, -0.25) is 4.79 Å². The van der Waals surface area contributed by atoms with Crippen molar-refractivity contribution in [3.63, 3.8) is 0 Å². The van der Waals surface area contributed by atoms with E-state index in [0.29, 0.717) is 5.56 Å². The van der Waals surface area contributed by atoms with Gasteiger partial charge in [-0.15, -0.1) is 0 Å². The average molecular weight is 459 g/mol. The maximum absolute atomic E-state index is 12.5. The number of ketones is 1. The molecule has 0 saturated heterocycles. The summed E-state index contributed by atoms with van der Waals surface area (Å²) in [6.45, 7) is 0. The van der Waals surface area contributed by atoms with Gasteiger partial charge in [0.2, 0.25) is 0 Å². The van der Waals surface area contributed by atoms with Crippen molar-refractivity contribution in [1.29, 1.82) is 0 Å². The molecule has 0 fully saturated rings. The van der Waals surface area contributed by atoms with Gasteiger partial charge in [-0.25, -0.2) is 4.68 Å². The SMILES string of the molecule is COc1ccc(-c2nn(-c3ccccc3)cc2/C=C/C(=O)c2ccccc2)cc1Br. The zero-order chi connectivity index (χ0) is 20.9. The topological polar surface area (TPSA) is 44.1 Å². The fraction of sp³-hybridized carbons (Fsp3) is 0.0400. The number of carbonyl (C=O) groups excluding carboxylic acids is 1. The minimum atomic E-state index is -0.0510. The maximum Gasteiger partial charge on any atom is 0.185 e. The molecule has 0 saturated carbocycles. The van der Waals surface area contributed by atoms with E-state index < -0.39 is 0 Å². The first kappa shape index (κ1) is 19.9. The van der Waals surface area contributed by atoms with E-state index in [4.69, 9.17) is 9.84 Å². The highest BCUT2D eigenvalue weighted by atomic mass is 79.9. The largest absolute Gasteiger partial charge is 0.496 e. The Morgan fingerprint density at radius 1 is 1.00 bits per heavy atom. The van der Waals surface area contributed by atoms with Crippen molar-refractivity contribution in [2.45, 2.75) is 0 Å². The number of carbonyl (C=O) groups is 1. The van der Waals surface area contributed by atoms with Gasteiger partial charge in [-0.2, -0.15) is 5.10 Å². The van der Waals surface area contributed by atoms with Crippen LogP contribution in [-0.4, -0.2) is 22.7 Å². The number of hydrogen-bond acceptors (Lipinski definition) is 3. The summed E-state index contributed by atoms with van der Waals surface area (Å²) in [7, 11) is 1.63. The molecule has 30 heavy (non-hydrogen) atoms. The summed E-state index contributed by atoms with van der Waals surface area (Å²) in [5.41, 5.74) is 4.14. The van der Waals surface area contributed by atoms with Gasteiger partial charge in [0.1, 0.15) is 5.75 Å². The number of aromatic nitrogens is 2. The molecule has 0 spiro atoms. The second-order valence-corrected chi connectivity index (χ2v) is 7.48. The Balaban J connectivity index is 1.76. The van der Waals surface area contributed by atoms with Crippen molar-refractivity contribution >= 4 is 27.8 Å². The van der Waals surface area contributed by atoms with Gasteiger partial charge in [-0.05, 0) is 58.4 Å². The molecule has 0 N–H and O–H groups in total. The number of hydrogen-bond donors (Lipinski definition) is 0. The standard InChI is InChI=1S/C25H19BrN2O2/c1-30-24-15-13-19(16-22(24)26)25-20(12-14-23(29)18-8-4-2-5-9-18)17-28(27-25)21-10-6-3-7-11-21/h2-17H,1H3/b14-12+. The lowest BCUT2D eigenvalue weighted by Crippen LogP contribution is -1.94. The summed E-state index contributed by atoms with van der Waals surface area (Å²) in [4.78, 5) is 12.5. The number of benzene rings is 3. The molecule has 0 bridgehead atoms. The van der Waals surface area contributed by atoms with E-state index in [1.807, 2.05) is 95.8 Å². The van der Waals surface area contributed by atoms with Crippen molar-refractivity contribution in [2.75, 3.05) is 7.11 Å². The molecule has 0 aliphatic rings. The lowest BCUT2D eigenvalue weighted by atomic mass is 10.1. The fourth-order valence-corrected chi connectivity index (χ4v) is 3.67. The first-order valence-corrected chi connectivity index (χ1v) is 10.2. The number of halogens is 1. The molecule has 0 aliphatic heterocycles. The van der Waals surface area contributed by atoms with E-state index in [1.54, 1.807) is 13.2 Å². The van der Waals surface area contributed by atoms with Crippen molar-refractivity contribution in [2.24, 2.45) is 0 Å². The van der Waals surface area contributed by atoms with Crippen LogP contribution in [0.1, 0.15) is 15.9 Å². The highest BCUT2D eigenvalue weighted by Gasteiger charge is 2.13. The van der Waals surface area contributed by atoms with Crippen molar-refractivity contribution in [3.05, 3.63) is 107 Å². The van der Waals surface area contributed by atoms with Crippen LogP contribution in [0, 0.1) is 0 Å². The molecule has 4 nitrogen and oxygen atoms in total. The first-order valence-electron chi connectivity index (χ1n) is 9.42. The molecule has 5 heteroatoms. The Labute approximate surface area is 183 Å². The molecule has 0 aliphatic carbocycles. The van der Waals surface area contributed by atoms with Crippen molar-refractivity contribution < 1.29 is 9.53 Å². The molecular weight excluding hydrogens is 440 g/mol. The van der Waals surface area contributed by atoms with E-state index in [9.17, 15) is 4.79 Å². The number of rotatable bonds is 6. The Kier molecular flexibility index (Phi) is 5.91. The van der Waals surface area contributed by atoms with E-state index in [0.717, 1.165) is 32.7 Å². The summed E-state index contributed by atoms with van der Waals surface area (Å²) in [5, 5.41) is 4.79. The smallest absolute Gasteiger partial charge is 0.185 e. The fourth-order valence-electron chi connectivity index (χ4n) is 3.12. The summed E-state index contributed by atoms with van der Waals surface area (Å²) >= 11 is 3.54. The Morgan fingerprint density at radius 3 is 2.37 bits per heavy atom. The second kappa shape index (κ2) is 8.93. The maximum atomic E-state index is 12.5. The number of para-hydroxylation sites is 1. The van der Waals surface area contributed by atoms with Crippen molar-refractivity contribution in [3.8, 4) is 22.7 Å². The number of ether oxygens (including phenoxy) is 1. The molecule has 0 radical (unpaired) electrons. The van der Waals surface area contributed by atoms with Crippen LogP contribution in [0.4, 0.5) is 0 Å². The lowest BCUT2D eigenvalue weighted by Gasteiger charge is -2.05. The van der Waals surface area contributed by atoms with Gasteiger partial charge in [-0.1, -0.05) is 48.5 Å². The van der Waals surface area contributed by atoms with Crippen LogP contribution in [0.15, 0.2) is 95.6 Å². The van der Waals surface area contributed by atoms with Crippen LogP contribution in [0.3, 0.4) is 0 Å². The van der Waals surface area contributed by atoms with Crippen LogP contribution < -0.4 is 4.74 Å². The van der Waals surface area contributed by atoms with Crippen LogP contribution >= 0.6 is 15.9 Å². The molecule has 0 amide bonds.